The summed E-state index contributed by atoms with van der Waals surface area (Å²) in [6, 6.07) is 14.6. The molecule has 2 aromatic carbocycles. The van der Waals surface area contributed by atoms with Gasteiger partial charge in [0, 0.05) is 17.1 Å². The van der Waals surface area contributed by atoms with Crippen molar-refractivity contribution in [3.63, 3.8) is 0 Å². The van der Waals surface area contributed by atoms with Gasteiger partial charge in [0.2, 0.25) is 0 Å². The van der Waals surface area contributed by atoms with Gasteiger partial charge in [-0.05, 0) is 36.8 Å². The van der Waals surface area contributed by atoms with Gasteiger partial charge in [0.25, 0.3) is 5.91 Å². The van der Waals surface area contributed by atoms with Crippen LogP contribution in [0.5, 0.6) is 0 Å². The van der Waals surface area contributed by atoms with Crippen molar-refractivity contribution in [1.82, 2.24) is 10.3 Å². The van der Waals surface area contributed by atoms with Crippen LogP contribution in [-0.2, 0) is 10.5 Å². The maximum absolute atomic E-state index is 13.1. The van der Waals surface area contributed by atoms with Gasteiger partial charge >= 0.3 is 5.97 Å². The highest BCUT2D eigenvalue weighted by Gasteiger charge is 2.23. The maximum Gasteiger partial charge on any atom is 0.327 e. The number of hydrogen-bond donors (Lipinski definition) is 2. The molecule has 0 saturated carbocycles. The molecule has 3 rings (SSSR count). The van der Waals surface area contributed by atoms with E-state index in [-0.39, 0.29) is 11.6 Å². The van der Waals surface area contributed by atoms with E-state index in [1.807, 2.05) is 30.3 Å². The minimum absolute atomic E-state index is 0.249. The van der Waals surface area contributed by atoms with Crippen molar-refractivity contribution in [3.8, 4) is 10.6 Å². The van der Waals surface area contributed by atoms with E-state index in [2.05, 4.69) is 10.3 Å². The predicted octanol–water partition coefficient (Wildman–Crippen LogP) is 4.37. The van der Waals surface area contributed by atoms with Crippen molar-refractivity contribution >= 4 is 35.0 Å². The van der Waals surface area contributed by atoms with Gasteiger partial charge in [0.15, 0.2) is 0 Å². The summed E-state index contributed by atoms with van der Waals surface area (Å²) in [6.07, 6.45) is 0. The number of nitrogens with one attached hydrogen (secondary N) is 1. The molecule has 1 heterocycles. The molecular formula is C21H19FN2O3S2. The summed E-state index contributed by atoms with van der Waals surface area (Å²) >= 11 is 2.60. The number of carboxylic acids is 1. The average molecular weight is 431 g/mol. The van der Waals surface area contributed by atoms with Crippen LogP contribution < -0.4 is 5.32 Å². The molecule has 0 spiro atoms. The Bertz CT molecular complexity index is 991. The topological polar surface area (TPSA) is 79.3 Å². The van der Waals surface area contributed by atoms with E-state index in [0.717, 1.165) is 16.9 Å². The van der Waals surface area contributed by atoms with E-state index in [1.165, 1.54) is 23.9 Å². The molecule has 0 aliphatic carbocycles. The SMILES string of the molecule is Cc1nc(-c2ccc(F)cc2)sc1C(=O)NC(CSCc1ccccc1)C(=O)O. The van der Waals surface area contributed by atoms with Crippen LogP contribution in [0.15, 0.2) is 54.6 Å². The number of carboxylic acid groups (broad SMARTS) is 1. The van der Waals surface area contributed by atoms with E-state index in [0.29, 0.717) is 26.9 Å². The van der Waals surface area contributed by atoms with Crippen LogP contribution in [0.2, 0.25) is 0 Å². The van der Waals surface area contributed by atoms with Crippen LogP contribution in [0.4, 0.5) is 4.39 Å². The van der Waals surface area contributed by atoms with Gasteiger partial charge in [0.1, 0.15) is 21.7 Å². The number of benzene rings is 2. The summed E-state index contributed by atoms with van der Waals surface area (Å²) in [7, 11) is 0. The van der Waals surface area contributed by atoms with Gasteiger partial charge in [-0.1, -0.05) is 30.3 Å². The Labute approximate surface area is 176 Å². The summed E-state index contributed by atoms with van der Waals surface area (Å²) in [5.74, 6) is -0.994. The lowest BCUT2D eigenvalue weighted by Gasteiger charge is -2.14. The first-order valence-electron chi connectivity index (χ1n) is 8.82. The average Bonchev–Trinajstić information content (AvgIpc) is 3.10. The number of rotatable bonds is 8. The summed E-state index contributed by atoms with van der Waals surface area (Å²) in [6.45, 7) is 1.69. The molecule has 3 aromatic rings. The first-order chi connectivity index (χ1) is 13.9. The Balaban J connectivity index is 1.65. The number of hydrogen-bond acceptors (Lipinski definition) is 5. The Morgan fingerprint density at radius 3 is 2.52 bits per heavy atom. The molecule has 2 N–H and O–H groups in total. The second-order valence-corrected chi connectivity index (χ2v) is 8.33. The number of thioether (sulfide) groups is 1. The van der Waals surface area contributed by atoms with Crippen LogP contribution in [0.3, 0.4) is 0 Å². The second-order valence-electron chi connectivity index (χ2n) is 6.31. The van der Waals surface area contributed by atoms with Crippen molar-refractivity contribution in [2.75, 3.05) is 5.75 Å². The summed E-state index contributed by atoms with van der Waals surface area (Å²) in [5, 5.41) is 12.6. The number of aromatic nitrogens is 1. The number of halogens is 1. The molecule has 150 valence electrons. The molecule has 0 radical (unpaired) electrons. The number of thiazole rings is 1. The van der Waals surface area contributed by atoms with E-state index in [4.69, 9.17) is 0 Å². The zero-order valence-electron chi connectivity index (χ0n) is 15.6. The highest BCUT2D eigenvalue weighted by Crippen LogP contribution is 2.28. The predicted molar refractivity (Wildman–Crippen MR) is 114 cm³/mol. The zero-order valence-corrected chi connectivity index (χ0v) is 17.2. The lowest BCUT2D eigenvalue weighted by atomic mass is 10.2. The number of aryl methyl sites for hydroxylation is 1. The van der Waals surface area contributed by atoms with Crippen molar-refractivity contribution in [1.29, 1.82) is 0 Å². The fourth-order valence-electron chi connectivity index (χ4n) is 2.59. The lowest BCUT2D eigenvalue weighted by Crippen LogP contribution is -2.42. The van der Waals surface area contributed by atoms with Crippen LogP contribution >= 0.6 is 23.1 Å². The zero-order chi connectivity index (χ0) is 20.8. The number of nitrogens with zero attached hydrogens (tertiary/aromatic N) is 1. The van der Waals surface area contributed by atoms with Crippen molar-refractivity contribution in [3.05, 3.63) is 76.5 Å². The normalized spacial score (nSPS) is 11.8. The molecule has 1 atom stereocenters. The van der Waals surface area contributed by atoms with E-state index >= 15 is 0 Å². The minimum Gasteiger partial charge on any atom is -0.480 e. The van der Waals surface area contributed by atoms with Gasteiger partial charge in [-0.25, -0.2) is 14.2 Å². The smallest absolute Gasteiger partial charge is 0.327 e. The Hall–Kier alpha value is -2.71. The van der Waals surface area contributed by atoms with Crippen molar-refractivity contribution < 1.29 is 19.1 Å². The van der Waals surface area contributed by atoms with Crippen LogP contribution in [0.25, 0.3) is 10.6 Å². The molecule has 5 nitrogen and oxygen atoms in total. The monoisotopic (exact) mass is 430 g/mol. The molecule has 1 unspecified atom stereocenters. The minimum atomic E-state index is -1.08. The highest BCUT2D eigenvalue weighted by molar-refractivity contribution is 7.98. The van der Waals surface area contributed by atoms with Gasteiger partial charge in [0.05, 0.1) is 5.69 Å². The van der Waals surface area contributed by atoms with Gasteiger partial charge < -0.3 is 10.4 Å². The van der Waals surface area contributed by atoms with Crippen molar-refractivity contribution in [2.45, 2.75) is 18.7 Å². The fourth-order valence-corrected chi connectivity index (χ4v) is 4.57. The molecule has 0 aliphatic rings. The van der Waals surface area contributed by atoms with E-state index in [1.54, 1.807) is 19.1 Å². The second kappa shape index (κ2) is 9.67. The number of amides is 1. The van der Waals surface area contributed by atoms with Crippen LogP contribution in [-0.4, -0.2) is 33.8 Å². The van der Waals surface area contributed by atoms with E-state index in [9.17, 15) is 19.1 Å². The molecule has 0 fully saturated rings. The molecule has 0 bridgehead atoms. The highest BCUT2D eigenvalue weighted by atomic mass is 32.2. The first kappa shape index (κ1) is 21.0. The number of carbonyl (C=O) groups is 2. The Kier molecular flexibility index (Phi) is 7.00. The summed E-state index contributed by atoms with van der Waals surface area (Å²) < 4.78 is 13.1. The third kappa shape index (κ3) is 5.65. The Morgan fingerprint density at radius 2 is 1.86 bits per heavy atom. The third-order valence-corrected chi connectivity index (χ3v) is 6.41. The molecule has 0 aliphatic heterocycles. The molecule has 0 saturated heterocycles. The number of aliphatic carboxylic acids is 1. The third-order valence-electron chi connectivity index (χ3n) is 4.09. The first-order valence-corrected chi connectivity index (χ1v) is 10.8. The molecule has 1 amide bonds. The molecule has 29 heavy (non-hydrogen) atoms. The molecule has 1 aromatic heterocycles. The van der Waals surface area contributed by atoms with Gasteiger partial charge in [-0.15, -0.1) is 11.3 Å². The van der Waals surface area contributed by atoms with Gasteiger partial charge in [-0.2, -0.15) is 11.8 Å². The maximum atomic E-state index is 13.1. The van der Waals surface area contributed by atoms with Crippen LogP contribution in [0.1, 0.15) is 20.9 Å². The largest absolute Gasteiger partial charge is 0.480 e. The van der Waals surface area contributed by atoms with Gasteiger partial charge in [-0.3, -0.25) is 4.79 Å². The summed E-state index contributed by atoms with van der Waals surface area (Å²) in [4.78, 5) is 28.9. The standard InChI is InChI=1S/C21H19FN2O3S2/c1-13-18(29-20(23-13)15-7-9-16(22)10-8-15)19(25)24-17(21(26)27)12-28-11-14-5-3-2-4-6-14/h2-10,17H,11-12H2,1H3,(H,24,25)(H,26,27). The quantitative estimate of drug-likeness (QED) is 0.555. The van der Waals surface area contributed by atoms with E-state index < -0.39 is 17.9 Å². The summed E-state index contributed by atoms with van der Waals surface area (Å²) in [5.41, 5.74) is 2.30. The van der Waals surface area contributed by atoms with Crippen molar-refractivity contribution in [2.24, 2.45) is 0 Å². The van der Waals surface area contributed by atoms with Crippen LogP contribution in [0, 0.1) is 12.7 Å². The molecule has 8 heteroatoms. The lowest BCUT2D eigenvalue weighted by molar-refractivity contribution is -0.138. The fraction of sp³-hybridized carbons (Fsp3) is 0.190. The molecular weight excluding hydrogens is 411 g/mol. The number of carbonyl (C=O) groups excluding carboxylic acids is 1. The Morgan fingerprint density at radius 1 is 1.17 bits per heavy atom.